The SMILES string of the molecule is CN1CC(CN2CCC(Cn3nc(C(C)(C)C)ccc3=O)CC2)OCC1=O. The number of carbonyl (C=O) groups is 1. The van der Waals surface area contributed by atoms with Crippen molar-refractivity contribution in [2.75, 3.05) is 39.8 Å². The molecule has 0 aromatic carbocycles. The van der Waals surface area contributed by atoms with Crippen LogP contribution >= 0.6 is 0 Å². The molecule has 0 bridgehead atoms. The van der Waals surface area contributed by atoms with Gasteiger partial charge in [0.25, 0.3) is 5.56 Å². The summed E-state index contributed by atoms with van der Waals surface area (Å²) in [5.41, 5.74) is 0.870. The molecule has 1 aromatic rings. The quantitative estimate of drug-likeness (QED) is 0.788. The number of likely N-dealkylation sites (N-methyl/N-ethyl adjacent to an activating group) is 1. The Morgan fingerprint density at radius 1 is 1.15 bits per heavy atom. The van der Waals surface area contributed by atoms with Gasteiger partial charge in [0, 0.05) is 38.2 Å². The first-order valence-corrected chi connectivity index (χ1v) is 9.89. The van der Waals surface area contributed by atoms with E-state index in [2.05, 4.69) is 30.8 Å². The van der Waals surface area contributed by atoms with E-state index in [4.69, 9.17) is 4.74 Å². The zero-order chi connectivity index (χ0) is 19.6. The van der Waals surface area contributed by atoms with Crippen LogP contribution in [0.15, 0.2) is 16.9 Å². The van der Waals surface area contributed by atoms with Gasteiger partial charge >= 0.3 is 0 Å². The molecule has 3 heterocycles. The lowest BCUT2D eigenvalue weighted by Gasteiger charge is -2.37. The summed E-state index contributed by atoms with van der Waals surface area (Å²) in [6, 6.07) is 3.48. The summed E-state index contributed by atoms with van der Waals surface area (Å²) in [4.78, 5) is 27.9. The first-order chi connectivity index (χ1) is 12.7. The van der Waals surface area contributed by atoms with Crippen LogP contribution in [0.1, 0.15) is 39.3 Å². The molecule has 0 aliphatic carbocycles. The van der Waals surface area contributed by atoms with Crippen LogP contribution in [-0.4, -0.2) is 71.4 Å². The molecule has 2 aliphatic heterocycles. The Morgan fingerprint density at radius 2 is 1.85 bits per heavy atom. The van der Waals surface area contributed by atoms with Crippen molar-refractivity contribution in [2.45, 2.75) is 51.7 Å². The van der Waals surface area contributed by atoms with Crippen molar-refractivity contribution >= 4 is 5.91 Å². The van der Waals surface area contributed by atoms with Crippen molar-refractivity contribution in [3.63, 3.8) is 0 Å². The molecule has 1 atom stereocenters. The standard InChI is InChI=1S/C20H32N4O3/c1-20(2,3)17-5-6-18(25)24(21-17)11-15-7-9-23(10-8-15)13-16-12-22(4)19(26)14-27-16/h5-6,15-16H,7-14H2,1-4H3. The smallest absolute Gasteiger partial charge is 0.266 e. The van der Waals surface area contributed by atoms with E-state index in [9.17, 15) is 9.59 Å². The van der Waals surface area contributed by atoms with Gasteiger partial charge in [0.2, 0.25) is 5.91 Å². The molecule has 7 heteroatoms. The minimum absolute atomic E-state index is 0.0197. The number of rotatable bonds is 4. The van der Waals surface area contributed by atoms with Crippen LogP contribution in [0.2, 0.25) is 0 Å². The van der Waals surface area contributed by atoms with Gasteiger partial charge < -0.3 is 14.5 Å². The monoisotopic (exact) mass is 376 g/mol. The van der Waals surface area contributed by atoms with Crippen molar-refractivity contribution in [2.24, 2.45) is 5.92 Å². The molecule has 1 amide bonds. The van der Waals surface area contributed by atoms with Crippen molar-refractivity contribution in [3.05, 3.63) is 28.2 Å². The molecule has 1 aromatic heterocycles. The van der Waals surface area contributed by atoms with Gasteiger partial charge in [-0.2, -0.15) is 5.10 Å². The van der Waals surface area contributed by atoms with E-state index in [1.807, 2.05) is 13.1 Å². The second-order valence-corrected chi connectivity index (χ2v) is 8.94. The third-order valence-electron chi connectivity index (χ3n) is 5.58. The van der Waals surface area contributed by atoms with E-state index in [0.29, 0.717) is 19.0 Å². The summed E-state index contributed by atoms with van der Waals surface area (Å²) < 4.78 is 7.30. The second kappa shape index (κ2) is 8.10. The molecular weight excluding hydrogens is 344 g/mol. The summed E-state index contributed by atoms with van der Waals surface area (Å²) in [5, 5.41) is 4.60. The normalized spacial score (nSPS) is 23.0. The van der Waals surface area contributed by atoms with Crippen molar-refractivity contribution in [1.82, 2.24) is 19.6 Å². The Kier molecular flexibility index (Phi) is 6.01. The maximum atomic E-state index is 12.2. The average Bonchev–Trinajstić information content (AvgIpc) is 2.61. The molecule has 150 valence electrons. The Labute approximate surface area is 161 Å². The van der Waals surface area contributed by atoms with Gasteiger partial charge in [-0.15, -0.1) is 0 Å². The minimum Gasteiger partial charge on any atom is -0.365 e. The molecular formula is C20H32N4O3. The summed E-state index contributed by atoms with van der Waals surface area (Å²) in [7, 11) is 1.83. The maximum Gasteiger partial charge on any atom is 0.266 e. The number of piperidine rings is 1. The van der Waals surface area contributed by atoms with Gasteiger partial charge in [0.05, 0.1) is 11.8 Å². The first kappa shape index (κ1) is 20.0. The summed E-state index contributed by atoms with van der Waals surface area (Å²) in [5.74, 6) is 0.526. The lowest BCUT2D eigenvalue weighted by Crippen LogP contribution is -2.50. The fourth-order valence-electron chi connectivity index (χ4n) is 3.73. The molecule has 3 rings (SSSR count). The van der Waals surface area contributed by atoms with Crippen LogP contribution in [0, 0.1) is 5.92 Å². The molecule has 2 fully saturated rings. The number of aromatic nitrogens is 2. The molecule has 0 N–H and O–H groups in total. The van der Waals surface area contributed by atoms with Crippen molar-refractivity contribution in [1.29, 1.82) is 0 Å². The third-order valence-corrected chi connectivity index (χ3v) is 5.58. The topological polar surface area (TPSA) is 67.7 Å². The molecule has 2 saturated heterocycles. The van der Waals surface area contributed by atoms with E-state index in [1.54, 1.807) is 15.6 Å². The van der Waals surface area contributed by atoms with E-state index in [0.717, 1.165) is 38.2 Å². The van der Waals surface area contributed by atoms with Gasteiger partial charge in [-0.3, -0.25) is 9.59 Å². The van der Waals surface area contributed by atoms with E-state index < -0.39 is 0 Å². The zero-order valence-corrected chi connectivity index (χ0v) is 17.0. The van der Waals surface area contributed by atoms with Crippen LogP contribution in [0.3, 0.4) is 0 Å². The van der Waals surface area contributed by atoms with Crippen molar-refractivity contribution in [3.8, 4) is 0 Å². The molecule has 27 heavy (non-hydrogen) atoms. The van der Waals surface area contributed by atoms with Crippen LogP contribution in [0.5, 0.6) is 0 Å². The molecule has 0 saturated carbocycles. The number of nitrogens with zero attached hydrogens (tertiary/aromatic N) is 4. The highest BCUT2D eigenvalue weighted by Crippen LogP contribution is 2.21. The second-order valence-electron chi connectivity index (χ2n) is 8.94. The first-order valence-electron chi connectivity index (χ1n) is 9.89. The highest BCUT2D eigenvalue weighted by atomic mass is 16.5. The van der Waals surface area contributed by atoms with Gasteiger partial charge in [-0.25, -0.2) is 4.68 Å². The molecule has 2 aliphatic rings. The number of hydrogen-bond acceptors (Lipinski definition) is 5. The van der Waals surface area contributed by atoms with Gasteiger partial charge in [-0.1, -0.05) is 20.8 Å². The third kappa shape index (κ3) is 5.17. The maximum absolute atomic E-state index is 12.2. The number of morpholine rings is 1. The lowest BCUT2D eigenvalue weighted by atomic mass is 9.92. The fraction of sp³-hybridized carbons (Fsp3) is 0.750. The average molecular weight is 377 g/mol. The van der Waals surface area contributed by atoms with Gasteiger partial charge in [0.15, 0.2) is 0 Å². The van der Waals surface area contributed by atoms with Gasteiger partial charge in [0.1, 0.15) is 6.61 Å². The number of hydrogen-bond donors (Lipinski definition) is 0. The molecule has 7 nitrogen and oxygen atoms in total. The van der Waals surface area contributed by atoms with Crippen LogP contribution in [-0.2, 0) is 21.5 Å². The predicted molar refractivity (Wildman–Crippen MR) is 104 cm³/mol. The summed E-state index contributed by atoms with van der Waals surface area (Å²) in [6.45, 7) is 10.7. The Bertz CT molecular complexity index is 717. The summed E-state index contributed by atoms with van der Waals surface area (Å²) >= 11 is 0. The van der Waals surface area contributed by atoms with E-state index in [1.165, 1.54) is 0 Å². The zero-order valence-electron chi connectivity index (χ0n) is 17.0. The van der Waals surface area contributed by atoms with Crippen LogP contribution in [0.4, 0.5) is 0 Å². The van der Waals surface area contributed by atoms with Crippen molar-refractivity contribution < 1.29 is 9.53 Å². The Morgan fingerprint density at radius 3 is 2.48 bits per heavy atom. The Hall–Kier alpha value is -1.73. The number of carbonyl (C=O) groups excluding carboxylic acids is 1. The number of likely N-dealkylation sites (tertiary alicyclic amines) is 1. The molecule has 0 spiro atoms. The van der Waals surface area contributed by atoms with E-state index >= 15 is 0 Å². The van der Waals surface area contributed by atoms with E-state index in [-0.39, 0.29) is 29.6 Å². The lowest BCUT2D eigenvalue weighted by molar-refractivity contribution is -0.148. The van der Waals surface area contributed by atoms with Crippen LogP contribution in [0.25, 0.3) is 0 Å². The largest absolute Gasteiger partial charge is 0.365 e. The highest BCUT2D eigenvalue weighted by molar-refractivity contribution is 5.77. The number of amides is 1. The van der Waals surface area contributed by atoms with Crippen LogP contribution < -0.4 is 5.56 Å². The fourth-order valence-corrected chi connectivity index (χ4v) is 3.73. The number of ether oxygens (including phenoxy) is 1. The molecule has 1 unspecified atom stereocenters. The minimum atomic E-state index is -0.0621. The summed E-state index contributed by atoms with van der Waals surface area (Å²) in [6.07, 6.45) is 2.20. The van der Waals surface area contributed by atoms with Gasteiger partial charge in [-0.05, 0) is 37.9 Å². The molecule has 0 radical (unpaired) electrons. The predicted octanol–water partition coefficient (Wildman–Crippen LogP) is 1.11. The Balaban J connectivity index is 1.51. The highest BCUT2D eigenvalue weighted by Gasteiger charge is 2.28.